The van der Waals surface area contributed by atoms with Crippen LogP contribution in [-0.2, 0) is 6.42 Å². The Morgan fingerprint density at radius 3 is 2.28 bits per heavy atom. The van der Waals surface area contributed by atoms with E-state index in [1.54, 1.807) is 0 Å². The van der Waals surface area contributed by atoms with Gasteiger partial charge >= 0.3 is 0 Å². The lowest BCUT2D eigenvalue weighted by Gasteiger charge is -2.33. The monoisotopic (exact) mass is 656 g/mol. The summed E-state index contributed by atoms with van der Waals surface area (Å²) < 4.78 is 0. The first-order valence-electron chi connectivity index (χ1n) is 17.8. The van der Waals surface area contributed by atoms with Crippen molar-refractivity contribution in [2.45, 2.75) is 66.8 Å². The first kappa shape index (κ1) is 35.7. The Labute approximate surface area is 299 Å². The summed E-state index contributed by atoms with van der Waals surface area (Å²) in [6.07, 6.45) is 13.9. The zero-order valence-electron chi connectivity index (χ0n) is 30.3. The molecule has 5 rings (SSSR count). The average Bonchev–Trinajstić information content (AvgIpc) is 3.15. The highest BCUT2D eigenvalue weighted by Gasteiger charge is 2.24. The highest BCUT2D eigenvalue weighted by Crippen LogP contribution is 2.42. The van der Waals surface area contributed by atoms with Crippen molar-refractivity contribution in [3.05, 3.63) is 149 Å². The number of anilines is 3. The van der Waals surface area contributed by atoms with Crippen LogP contribution in [0.25, 0.3) is 22.3 Å². The van der Waals surface area contributed by atoms with Gasteiger partial charge in [0.1, 0.15) is 6.07 Å². The van der Waals surface area contributed by atoms with E-state index in [4.69, 9.17) is 0 Å². The highest BCUT2D eigenvalue weighted by molar-refractivity contribution is 5.90. The van der Waals surface area contributed by atoms with Crippen molar-refractivity contribution in [3.8, 4) is 34.4 Å². The first-order valence-corrected chi connectivity index (χ1v) is 17.8. The van der Waals surface area contributed by atoms with Gasteiger partial charge in [-0.1, -0.05) is 105 Å². The van der Waals surface area contributed by atoms with Crippen molar-refractivity contribution < 1.29 is 0 Å². The minimum absolute atomic E-state index is 0.113. The van der Waals surface area contributed by atoms with Crippen LogP contribution in [0.1, 0.15) is 65.5 Å². The molecule has 0 aliphatic heterocycles. The molecule has 0 bridgehead atoms. The Hall–Kier alpha value is -5.58. The third-order valence-electron chi connectivity index (χ3n) is 9.60. The molecule has 2 atom stereocenters. The second-order valence-corrected chi connectivity index (χ2v) is 12.9. The van der Waals surface area contributed by atoms with Crippen LogP contribution >= 0.6 is 0 Å². The summed E-state index contributed by atoms with van der Waals surface area (Å²) in [5, 5.41) is 20.5. The van der Waals surface area contributed by atoms with Crippen molar-refractivity contribution >= 4 is 17.1 Å². The van der Waals surface area contributed by atoms with E-state index in [-0.39, 0.29) is 6.04 Å². The van der Waals surface area contributed by atoms with Crippen LogP contribution < -0.4 is 9.80 Å². The molecule has 0 heterocycles. The molecule has 1 aliphatic carbocycles. The van der Waals surface area contributed by atoms with Crippen molar-refractivity contribution in [2.24, 2.45) is 5.92 Å². The molecule has 2 unspecified atom stereocenters. The van der Waals surface area contributed by atoms with Crippen LogP contribution in [0, 0.1) is 28.6 Å². The quantitative estimate of drug-likeness (QED) is 0.112. The number of aryl methyl sites for hydroxylation is 1. The van der Waals surface area contributed by atoms with Gasteiger partial charge in [0.25, 0.3) is 0 Å². The average molecular weight is 657 g/mol. The summed E-state index contributed by atoms with van der Waals surface area (Å²) in [4.78, 5) is 4.75. The van der Waals surface area contributed by atoms with Gasteiger partial charge in [-0.3, -0.25) is 0 Å². The van der Waals surface area contributed by atoms with Crippen LogP contribution in [0.2, 0.25) is 0 Å². The molecule has 0 radical (unpaired) electrons. The zero-order chi connectivity index (χ0) is 35.6. The molecular weight excluding hydrogens is 609 g/mol. The van der Waals surface area contributed by atoms with Gasteiger partial charge in [0.2, 0.25) is 0 Å². The lowest BCUT2D eigenvalue weighted by Crippen LogP contribution is -2.28. The van der Waals surface area contributed by atoms with E-state index < -0.39 is 0 Å². The van der Waals surface area contributed by atoms with Gasteiger partial charge < -0.3 is 9.80 Å². The molecule has 0 fully saturated rings. The normalized spacial score (nSPS) is 14.3. The predicted molar refractivity (Wildman–Crippen MR) is 211 cm³/mol. The van der Waals surface area contributed by atoms with Gasteiger partial charge in [0.15, 0.2) is 0 Å². The fourth-order valence-corrected chi connectivity index (χ4v) is 7.28. The van der Waals surface area contributed by atoms with Gasteiger partial charge in [-0.25, -0.2) is 0 Å². The second-order valence-electron chi connectivity index (χ2n) is 12.9. The standard InChI is InChI=1S/C46H48N4/c1-7-18-34(5)39-22-11-14-27-45(39)49(9-3)38-21-16-20-37(30-38)40-24-17-25-41(43(40)32-48)42-23-12-15-28-46(42)50(35(6)29-33(4)31-47)44-26-13-10-19-36(44)8-2/h7,10-13,15-26,28-30,34-35H,8-9,14,27H2,1-6H3/b18-7-,33-29+. The summed E-state index contributed by atoms with van der Waals surface area (Å²) >= 11 is 0. The third-order valence-corrected chi connectivity index (χ3v) is 9.60. The molecule has 4 aromatic rings. The van der Waals surface area contributed by atoms with Crippen LogP contribution in [0.3, 0.4) is 0 Å². The van der Waals surface area contributed by atoms with Crippen LogP contribution in [-0.4, -0.2) is 12.6 Å². The Balaban J connectivity index is 1.66. The van der Waals surface area contributed by atoms with E-state index in [0.29, 0.717) is 17.1 Å². The second kappa shape index (κ2) is 16.7. The van der Waals surface area contributed by atoms with Crippen LogP contribution in [0.5, 0.6) is 0 Å². The molecule has 1 aliphatic rings. The molecule has 4 nitrogen and oxygen atoms in total. The van der Waals surface area contributed by atoms with E-state index >= 15 is 0 Å². The molecule has 50 heavy (non-hydrogen) atoms. The number of nitriles is 2. The molecule has 0 spiro atoms. The zero-order valence-corrected chi connectivity index (χ0v) is 30.3. The van der Waals surface area contributed by atoms with E-state index in [9.17, 15) is 10.5 Å². The Kier molecular flexibility index (Phi) is 11.9. The maximum absolute atomic E-state index is 10.8. The van der Waals surface area contributed by atoms with Gasteiger partial charge in [-0.05, 0) is 94.0 Å². The molecule has 0 amide bonds. The number of nitrogens with zero attached hydrogens (tertiary/aromatic N) is 4. The third kappa shape index (κ3) is 7.51. The van der Waals surface area contributed by atoms with Gasteiger partial charge in [-0.15, -0.1) is 0 Å². The SMILES string of the molecule is C/C=C\C(C)C1=C(N(CC)c2cccc(-c3cccc(-c4ccccc4N(c4ccccc4CC)C(C)/C=C(\C)C#N)c3C#N)c2)CCC=C1. The number of allylic oxidation sites excluding steroid dienone is 7. The van der Waals surface area contributed by atoms with Gasteiger partial charge in [-0.2, -0.15) is 10.5 Å². The first-order chi connectivity index (χ1) is 24.4. The molecule has 0 saturated carbocycles. The van der Waals surface area contributed by atoms with Crippen molar-refractivity contribution in [1.82, 2.24) is 0 Å². The molecule has 0 N–H and O–H groups in total. The topological polar surface area (TPSA) is 54.1 Å². The summed E-state index contributed by atoms with van der Waals surface area (Å²) in [5.74, 6) is 0.330. The number of hydrogen-bond donors (Lipinski definition) is 0. The molecule has 4 aromatic carbocycles. The van der Waals surface area contributed by atoms with Crippen LogP contribution in [0.15, 0.2) is 138 Å². The van der Waals surface area contributed by atoms with Crippen molar-refractivity contribution in [1.29, 1.82) is 10.5 Å². The fourth-order valence-electron chi connectivity index (χ4n) is 7.28. The minimum Gasteiger partial charge on any atom is -0.345 e. The predicted octanol–water partition coefficient (Wildman–Crippen LogP) is 12.1. The maximum Gasteiger partial charge on any atom is 0.100 e. The Bertz CT molecular complexity index is 2030. The Morgan fingerprint density at radius 2 is 1.56 bits per heavy atom. The molecule has 252 valence electrons. The molecule has 4 heteroatoms. The number of rotatable bonds is 12. The van der Waals surface area contributed by atoms with E-state index in [1.807, 2.05) is 25.1 Å². The van der Waals surface area contributed by atoms with Crippen molar-refractivity contribution in [2.75, 3.05) is 16.3 Å². The summed E-state index contributed by atoms with van der Waals surface area (Å²) in [5.41, 5.74) is 12.2. The maximum atomic E-state index is 10.8. The van der Waals surface area contributed by atoms with Gasteiger partial charge in [0, 0.05) is 57.5 Å². The summed E-state index contributed by atoms with van der Waals surface area (Å²) in [6.45, 7) is 13.6. The van der Waals surface area contributed by atoms with E-state index in [1.165, 1.54) is 16.8 Å². The molecule has 0 saturated heterocycles. The molecule has 0 aromatic heterocycles. The van der Waals surface area contributed by atoms with Crippen molar-refractivity contribution in [3.63, 3.8) is 0 Å². The lowest BCUT2D eigenvalue weighted by molar-refractivity contribution is 0.772. The van der Waals surface area contributed by atoms with E-state index in [0.717, 1.165) is 65.1 Å². The summed E-state index contributed by atoms with van der Waals surface area (Å²) in [6, 6.07) is 36.4. The van der Waals surface area contributed by atoms with Crippen LogP contribution in [0.4, 0.5) is 17.1 Å². The van der Waals surface area contributed by atoms with Gasteiger partial charge in [0.05, 0.1) is 17.7 Å². The minimum atomic E-state index is -0.113. The Morgan fingerprint density at radius 1 is 0.860 bits per heavy atom. The smallest absolute Gasteiger partial charge is 0.100 e. The molecular formula is C46H48N4. The number of benzene rings is 4. The fraction of sp³-hybridized carbons (Fsp3) is 0.261. The number of para-hydroxylation sites is 2. The largest absolute Gasteiger partial charge is 0.345 e. The lowest BCUT2D eigenvalue weighted by atomic mass is 9.90. The number of hydrogen-bond acceptors (Lipinski definition) is 4. The summed E-state index contributed by atoms with van der Waals surface area (Å²) in [7, 11) is 0. The highest BCUT2D eigenvalue weighted by atomic mass is 15.2. The van der Waals surface area contributed by atoms with E-state index in [2.05, 4.69) is 160 Å².